The third-order valence-corrected chi connectivity index (χ3v) is 3.59. The lowest BCUT2D eigenvalue weighted by molar-refractivity contribution is -0.120. The summed E-state index contributed by atoms with van der Waals surface area (Å²) in [5.74, 6) is -0.412. The number of amides is 1. The van der Waals surface area contributed by atoms with Crippen LogP contribution >= 0.6 is 28.1 Å². The van der Waals surface area contributed by atoms with Gasteiger partial charge in [0.1, 0.15) is 5.82 Å². The van der Waals surface area contributed by atoms with Crippen molar-refractivity contribution in [3.05, 3.63) is 27.2 Å². The van der Waals surface area contributed by atoms with E-state index in [2.05, 4.69) is 26.2 Å². The molecule has 96 valence electrons. The fraction of sp³-hybridized carbons (Fsp3) is 0.273. The molecule has 0 unspecified atom stereocenters. The maximum Gasteiger partial charge on any atom is 0.221 e. The fourth-order valence-corrected chi connectivity index (χ4v) is 2.34. The van der Waals surface area contributed by atoms with Gasteiger partial charge < -0.3 is 14.9 Å². The van der Waals surface area contributed by atoms with Crippen molar-refractivity contribution in [1.29, 1.82) is 0 Å². The Balaban J connectivity index is 2.44. The standard InChI is InChI=1S/C11H11BrFN3OS/c1-14-10(17)2-3-16-9-4-6(12)7(13)5-8(9)15-11(16)18/h4-5H,2-3H2,1H3,(H,14,17)(H,15,18). The van der Waals surface area contributed by atoms with Gasteiger partial charge in [0.05, 0.1) is 15.5 Å². The summed E-state index contributed by atoms with van der Waals surface area (Å²) in [6.45, 7) is 0.455. The minimum Gasteiger partial charge on any atom is -0.359 e. The Morgan fingerprint density at radius 3 is 3.00 bits per heavy atom. The van der Waals surface area contributed by atoms with Crippen molar-refractivity contribution in [3.8, 4) is 0 Å². The molecule has 18 heavy (non-hydrogen) atoms. The first-order valence-corrected chi connectivity index (χ1v) is 6.51. The highest BCUT2D eigenvalue weighted by Gasteiger charge is 2.09. The number of nitrogens with zero attached hydrogens (tertiary/aromatic N) is 1. The third kappa shape index (κ3) is 2.46. The zero-order valence-electron chi connectivity index (χ0n) is 9.59. The second-order valence-electron chi connectivity index (χ2n) is 3.79. The lowest BCUT2D eigenvalue weighted by Crippen LogP contribution is -2.19. The number of hydrogen-bond acceptors (Lipinski definition) is 2. The van der Waals surface area contributed by atoms with Crippen LogP contribution in [0.4, 0.5) is 4.39 Å². The largest absolute Gasteiger partial charge is 0.359 e. The maximum atomic E-state index is 13.4. The maximum absolute atomic E-state index is 13.4. The van der Waals surface area contributed by atoms with Gasteiger partial charge in [0.25, 0.3) is 0 Å². The number of nitrogens with one attached hydrogen (secondary N) is 2. The van der Waals surface area contributed by atoms with Crippen LogP contribution in [-0.4, -0.2) is 22.5 Å². The number of carbonyl (C=O) groups is 1. The molecule has 0 saturated carbocycles. The van der Waals surface area contributed by atoms with Gasteiger partial charge in [0.2, 0.25) is 5.91 Å². The second-order valence-corrected chi connectivity index (χ2v) is 5.03. The number of aromatic amines is 1. The molecule has 0 atom stereocenters. The predicted octanol–water partition coefficient (Wildman–Crippen LogP) is 2.74. The zero-order chi connectivity index (χ0) is 13.3. The fourth-order valence-electron chi connectivity index (χ4n) is 1.71. The minimum absolute atomic E-state index is 0.0626. The van der Waals surface area contributed by atoms with Crippen LogP contribution in [0.25, 0.3) is 11.0 Å². The van der Waals surface area contributed by atoms with Crippen molar-refractivity contribution >= 4 is 45.1 Å². The molecule has 7 heteroatoms. The van der Waals surface area contributed by atoms with E-state index in [-0.39, 0.29) is 11.7 Å². The molecular weight excluding hydrogens is 321 g/mol. The lowest BCUT2D eigenvalue weighted by atomic mass is 10.3. The SMILES string of the molecule is CNC(=O)CCn1c(=S)[nH]c2cc(F)c(Br)cc21. The quantitative estimate of drug-likeness (QED) is 0.849. The molecular formula is C11H11BrFN3OS. The van der Waals surface area contributed by atoms with E-state index in [0.717, 1.165) is 5.52 Å². The van der Waals surface area contributed by atoms with Gasteiger partial charge in [-0.25, -0.2) is 4.39 Å². The number of fused-ring (bicyclic) bond motifs is 1. The highest BCUT2D eigenvalue weighted by Crippen LogP contribution is 2.23. The summed E-state index contributed by atoms with van der Waals surface area (Å²) < 4.78 is 16.0. The Bertz CT molecular complexity index is 664. The van der Waals surface area contributed by atoms with Gasteiger partial charge in [-0.1, -0.05) is 0 Å². The Labute approximate surface area is 116 Å². The monoisotopic (exact) mass is 331 g/mol. The summed E-state index contributed by atoms with van der Waals surface area (Å²) in [6, 6.07) is 3.03. The van der Waals surface area contributed by atoms with Crippen LogP contribution in [0.1, 0.15) is 6.42 Å². The van der Waals surface area contributed by atoms with Gasteiger partial charge in [-0.15, -0.1) is 0 Å². The zero-order valence-corrected chi connectivity index (χ0v) is 12.0. The van der Waals surface area contributed by atoms with Crippen molar-refractivity contribution in [2.75, 3.05) is 7.05 Å². The number of halogens is 2. The van der Waals surface area contributed by atoms with Gasteiger partial charge in [0.15, 0.2) is 4.77 Å². The number of carbonyl (C=O) groups excluding carboxylic acids is 1. The Morgan fingerprint density at radius 1 is 1.61 bits per heavy atom. The lowest BCUT2D eigenvalue weighted by Gasteiger charge is -2.04. The molecule has 1 aromatic heterocycles. The molecule has 1 amide bonds. The molecule has 0 saturated heterocycles. The highest BCUT2D eigenvalue weighted by atomic mass is 79.9. The first-order valence-electron chi connectivity index (χ1n) is 5.31. The molecule has 4 nitrogen and oxygen atoms in total. The normalized spacial score (nSPS) is 10.8. The number of rotatable bonds is 3. The first-order chi connectivity index (χ1) is 8.52. The van der Waals surface area contributed by atoms with E-state index in [9.17, 15) is 9.18 Å². The average molecular weight is 332 g/mol. The topological polar surface area (TPSA) is 49.8 Å². The molecule has 0 bridgehead atoms. The molecule has 0 aliphatic rings. The van der Waals surface area contributed by atoms with Crippen molar-refractivity contribution in [1.82, 2.24) is 14.9 Å². The molecule has 2 aromatic rings. The van der Waals surface area contributed by atoms with Crippen LogP contribution in [0.2, 0.25) is 0 Å². The molecule has 1 aromatic carbocycles. The van der Waals surface area contributed by atoms with Crippen LogP contribution in [0.15, 0.2) is 16.6 Å². The summed E-state index contributed by atoms with van der Waals surface area (Å²) in [6.07, 6.45) is 0.326. The molecule has 0 aliphatic carbocycles. The molecule has 0 spiro atoms. The molecule has 0 fully saturated rings. The van der Waals surface area contributed by atoms with E-state index in [4.69, 9.17) is 12.2 Å². The summed E-state index contributed by atoms with van der Waals surface area (Å²) in [5.41, 5.74) is 1.40. The third-order valence-electron chi connectivity index (χ3n) is 2.66. The number of H-pyrrole nitrogens is 1. The minimum atomic E-state index is -0.350. The highest BCUT2D eigenvalue weighted by molar-refractivity contribution is 9.10. The van der Waals surface area contributed by atoms with Gasteiger partial charge in [-0.05, 0) is 34.2 Å². The average Bonchev–Trinajstić information content (AvgIpc) is 2.62. The van der Waals surface area contributed by atoms with Crippen molar-refractivity contribution in [2.24, 2.45) is 0 Å². The van der Waals surface area contributed by atoms with Gasteiger partial charge in [-0.2, -0.15) is 0 Å². The van der Waals surface area contributed by atoms with Crippen LogP contribution in [0, 0.1) is 10.6 Å². The summed E-state index contributed by atoms with van der Waals surface area (Å²) in [7, 11) is 1.59. The molecule has 2 rings (SSSR count). The molecule has 2 N–H and O–H groups in total. The van der Waals surface area contributed by atoms with E-state index in [1.54, 1.807) is 17.7 Å². The summed E-state index contributed by atoms with van der Waals surface area (Å²) in [5, 5.41) is 2.55. The summed E-state index contributed by atoms with van der Waals surface area (Å²) in [4.78, 5) is 14.2. The van der Waals surface area contributed by atoms with E-state index in [1.807, 2.05) is 0 Å². The second kappa shape index (κ2) is 5.19. The number of benzene rings is 1. The van der Waals surface area contributed by atoms with E-state index < -0.39 is 0 Å². The van der Waals surface area contributed by atoms with Crippen LogP contribution in [-0.2, 0) is 11.3 Å². The first kappa shape index (κ1) is 13.2. The summed E-state index contributed by atoms with van der Waals surface area (Å²) >= 11 is 8.30. The molecule has 0 radical (unpaired) electrons. The van der Waals surface area contributed by atoms with E-state index in [0.29, 0.717) is 27.7 Å². The Hall–Kier alpha value is -1.21. The Kier molecular flexibility index (Phi) is 3.82. The predicted molar refractivity (Wildman–Crippen MR) is 73.5 cm³/mol. The molecule has 1 heterocycles. The molecule has 0 aliphatic heterocycles. The van der Waals surface area contributed by atoms with Gasteiger partial charge in [-0.3, -0.25) is 4.79 Å². The Morgan fingerprint density at radius 2 is 2.33 bits per heavy atom. The van der Waals surface area contributed by atoms with Gasteiger partial charge >= 0.3 is 0 Å². The van der Waals surface area contributed by atoms with Crippen LogP contribution < -0.4 is 5.32 Å². The number of imidazole rings is 1. The van der Waals surface area contributed by atoms with Crippen molar-refractivity contribution in [3.63, 3.8) is 0 Å². The number of aryl methyl sites for hydroxylation is 1. The smallest absolute Gasteiger partial charge is 0.221 e. The van der Waals surface area contributed by atoms with E-state index >= 15 is 0 Å². The van der Waals surface area contributed by atoms with Crippen molar-refractivity contribution in [2.45, 2.75) is 13.0 Å². The van der Waals surface area contributed by atoms with E-state index in [1.165, 1.54) is 6.07 Å². The van der Waals surface area contributed by atoms with Gasteiger partial charge in [0, 0.05) is 26.1 Å². The van der Waals surface area contributed by atoms with Crippen LogP contribution in [0.5, 0.6) is 0 Å². The number of hydrogen-bond donors (Lipinski definition) is 2. The van der Waals surface area contributed by atoms with Crippen molar-refractivity contribution < 1.29 is 9.18 Å². The van der Waals surface area contributed by atoms with Crippen LogP contribution in [0.3, 0.4) is 0 Å². The number of aromatic nitrogens is 2.